The zero-order valence-corrected chi connectivity index (χ0v) is 12.5. The molecule has 2 aliphatic rings. The predicted molar refractivity (Wildman–Crippen MR) is 75.9 cm³/mol. The van der Waals surface area contributed by atoms with Gasteiger partial charge in [-0.3, -0.25) is 4.79 Å². The van der Waals surface area contributed by atoms with Gasteiger partial charge in [0.15, 0.2) is 0 Å². The molecule has 110 valence electrons. The maximum atomic E-state index is 12.5. The van der Waals surface area contributed by atoms with Gasteiger partial charge in [-0.2, -0.15) is 5.10 Å². The van der Waals surface area contributed by atoms with Gasteiger partial charge in [-0.05, 0) is 57.8 Å². The van der Waals surface area contributed by atoms with E-state index in [2.05, 4.69) is 22.3 Å². The maximum Gasteiger partial charge on any atom is 0.247 e. The van der Waals surface area contributed by atoms with Crippen molar-refractivity contribution >= 4 is 5.91 Å². The van der Waals surface area contributed by atoms with Gasteiger partial charge in [0, 0.05) is 6.04 Å². The van der Waals surface area contributed by atoms with E-state index in [1.807, 2.05) is 13.8 Å². The van der Waals surface area contributed by atoms with Gasteiger partial charge in [0.2, 0.25) is 5.91 Å². The fourth-order valence-electron chi connectivity index (χ4n) is 4.00. The monoisotopic (exact) mass is 276 g/mol. The summed E-state index contributed by atoms with van der Waals surface area (Å²) in [6.07, 6.45) is 8.47. The van der Waals surface area contributed by atoms with Gasteiger partial charge in [-0.15, -0.1) is 0 Å². The van der Waals surface area contributed by atoms with Crippen LogP contribution in [-0.4, -0.2) is 26.7 Å². The van der Waals surface area contributed by atoms with Crippen LogP contribution in [0.15, 0.2) is 12.7 Å². The van der Waals surface area contributed by atoms with Crippen LogP contribution in [0.4, 0.5) is 0 Å². The Hall–Kier alpha value is -1.39. The Kier molecular flexibility index (Phi) is 3.30. The number of hydrogen-bond acceptors (Lipinski definition) is 3. The highest BCUT2D eigenvalue weighted by Crippen LogP contribution is 2.49. The van der Waals surface area contributed by atoms with Gasteiger partial charge in [0.05, 0.1) is 0 Å². The van der Waals surface area contributed by atoms with E-state index in [0.717, 1.165) is 11.8 Å². The summed E-state index contributed by atoms with van der Waals surface area (Å²) in [5, 5.41) is 7.30. The standard InChI is InChI=1S/C15H24N4O/c1-10(13-7-11-4-5-12(13)6-11)18-14(20)15(2,3)19-9-16-8-17-19/h8-13H,4-7H2,1-3H3,(H,18,20)/t10-,11+,12+,13-/m0/s1. The summed E-state index contributed by atoms with van der Waals surface area (Å²) in [4.78, 5) is 16.5. The zero-order chi connectivity index (χ0) is 14.3. The van der Waals surface area contributed by atoms with E-state index < -0.39 is 5.54 Å². The minimum Gasteiger partial charge on any atom is -0.351 e. The molecule has 0 saturated heterocycles. The molecule has 1 heterocycles. The van der Waals surface area contributed by atoms with Crippen molar-refractivity contribution in [3.05, 3.63) is 12.7 Å². The van der Waals surface area contributed by atoms with Gasteiger partial charge in [0.25, 0.3) is 0 Å². The van der Waals surface area contributed by atoms with Crippen molar-refractivity contribution in [1.29, 1.82) is 0 Å². The van der Waals surface area contributed by atoms with Crippen molar-refractivity contribution in [3.8, 4) is 0 Å². The van der Waals surface area contributed by atoms with Crippen LogP contribution in [0.3, 0.4) is 0 Å². The number of aromatic nitrogens is 3. The van der Waals surface area contributed by atoms with Crippen molar-refractivity contribution in [2.75, 3.05) is 0 Å². The van der Waals surface area contributed by atoms with Crippen LogP contribution in [0.5, 0.6) is 0 Å². The summed E-state index contributed by atoms with van der Waals surface area (Å²) < 4.78 is 1.62. The molecule has 2 saturated carbocycles. The molecule has 5 nitrogen and oxygen atoms in total. The first kappa shape index (κ1) is 13.6. The lowest BCUT2D eigenvalue weighted by Crippen LogP contribution is -2.50. The fourth-order valence-corrected chi connectivity index (χ4v) is 4.00. The molecule has 1 aromatic heterocycles. The number of rotatable bonds is 4. The third-order valence-corrected chi connectivity index (χ3v) is 5.34. The Balaban J connectivity index is 1.64. The lowest BCUT2D eigenvalue weighted by atomic mass is 9.83. The molecule has 20 heavy (non-hydrogen) atoms. The summed E-state index contributed by atoms with van der Waals surface area (Å²) in [5.74, 6) is 2.42. The van der Waals surface area contributed by atoms with Gasteiger partial charge in [-0.25, -0.2) is 9.67 Å². The lowest BCUT2D eigenvalue weighted by Gasteiger charge is -2.32. The van der Waals surface area contributed by atoms with E-state index in [4.69, 9.17) is 0 Å². The summed E-state index contributed by atoms with van der Waals surface area (Å²) in [6, 6.07) is 0.251. The molecule has 0 spiro atoms. The van der Waals surface area contributed by atoms with Crippen molar-refractivity contribution in [3.63, 3.8) is 0 Å². The molecule has 0 unspecified atom stereocenters. The normalized spacial score (nSPS) is 30.4. The largest absolute Gasteiger partial charge is 0.351 e. The van der Waals surface area contributed by atoms with Crippen molar-refractivity contribution < 1.29 is 4.79 Å². The second-order valence-corrected chi connectivity index (χ2v) is 7.00. The van der Waals surface area contributed by atoms with Crippen LogP contribution in [0, 0.1) is 17.8 Å². The van der Waals surface area contributed by atoms with Crippen LogP contribution >= 0.6 is 0 Å². The second kappa shape index (κ2) is 4.86. The Morgan fingerprint density at radius 1 is 1.40 bits per heavy atom. The van der Waals surface area contributed by atoms with Crippen LogP contribution in [0.2, 0.25) is 0 Å². The van der Waals surface area contributed by atoms with Gasteiger partial charge < -0.3 is 5.32 Å². The molecule has 1 amide bonds. The maximum absolute atomic E-state index is 12.5. The first-order valence-corrected chi connectivity index (χ1v) is 7.64. The van der Waals surface area contributed by atoms with Gasteiger partial charge >= 0.3 is 0 Å². The van der Waals surface area contributed by atoms with E-state index >= 15 is 0 Å². The van der Waals surface area contributed by atoms with Crippen molar-refractivity contribution in [1.82, 2.24) is 20.1 Å². The van der Waals surface area contributed by atoms with E-state index in [9.17, 15) is 4.79 Å². The Morgan fingerprint density at radius 2 is 2.20 bits per heavy atom. The molecule has 2 bridgehead atoms. The van der Waals surface area contributed by atoms with Crippen LogP contribution in [-0.2, 0) is 10.3 Å². The number of nitrogens with one attached hydrogen (secondary N) is 1. The topological polar surface area (TPSA) is 59.8 Å². The lowest BCUT2D eigenvalue weighted by molar-refractivity contribution is -0.130. The molecule has 3 rings (SSSR count). The summed E-state index contributed by atoms with van der Waals surface area (Å²) in [7, 11) is 0. The molecule has 1 N–H and O–H groups in total. The minimum atomic E-state index is -0.692. The fraction of sp³-hybridized carbons (Fsp3) is 0.800. The average molecular weight is 276 g/mol. The molecule has 4 atom stereocenters. The molecule has 2 fully saturated rings. The predicted octanol–water partition coefficient (Wildman–Crippen LogP) is 1.95. The van der Waals surface area contributed by atoms with Crippen LogP contribution in [0.1, 0.15) is 46.5 Å². The van der Waals surface area contributed by atoms with Crippen molar-refractivity contribution in [2.24, 2.45) is 17.8 Å². The van der Waals surface area contributed by atoms with E-state index in [-0.39, 0.29) is 11.9 Å². The molecule has 0 radical (unpaired) electrons. The zero-order valence-electron chi connectivity index (χ0n) is 12.5. The molecule has 1 aromatic rings. The third kappa shape index (κ3) is 2.23. The van der Waals surface area contributed by atoms with Crippen molar-refractivity contribution in [2.45, 2.75) is 58.0 Å². The highest BCUT2D eigenvalue weighted by atomic mass is 16.2. The quantitative estimate of drug-likeness (QED) is 0.914. The second-order valence-electron chi connectivity index (χ2n) is 7.00. The molecule has 2 aliphatic carbocycles. The van der Waals surface area contributed by atoms with Gasteiger partial charge in [0.1, 0.15) is 18.2 Å². The molecular formula is C15H24N4O. The Labute approximate surface area is 120 Å². The summed E-state index contributed by atoms with van der Waals surface area (Å²) >= 11 is 0. The van der Waals surface area contributed by atoms with E-state index in [0.29, 0.717) is 5.92 Å². The number of hydrogen-bond donors (Lipinski definition) is 1. The summed E-state index contributed by atoms with van der Waals surface area (Å²) in [6.45, 7) is 5.91. The molecule has 5 heteroatoms. The van der Waals surface area contributed by atoms with E-state index in [1.54, 1.807) is 11.0 Å². The number of carbonyl (C=O) groups is 1. The third-order valence-electron chi connectivity index (χ3n) is 5.34. The average Bonchev–Trinajstić information content (AvgIpc) is 3.15. The number of nitrogens with zero attached hydrogens (tertiary/aromatic N) is 3. The first-order chi connectivity index (χ1) is 9.48. The van der Waals surface area contributed by atoms with Crippen LogP contribution in [0.25, 0.3) is 0 Å². The Morgan fingerprint density at radius 3 is 2.75 bits per heavy atom. The minimum absolute atomic E-state index is 0.0262. The highest BCUT2D eigenvalue weighted by Gasteiger charge is 2.43. The molecular weight excluding hydrogens is 252 g/mol. The first-order valence-electron chi connectivity index (χ1n) is 7.64. The number of amides is 1. The number of fused-ring (bicyclic) bond motifs is 2. The molecule has 0 aromatic carbocycles. The highest BCUT2D eigenvalue weighted by molar-refractivity contribution is 5.83. The van der Waals surface area contributed by atoms with Crippen LogP contribution < -0.4 is 5.32 Å². The summed E-state index contributed by atoms with van der Waals surface area (Å²) in [5.41, 5.74) is -0.692. The smallest absolute Gasteiger partial charge is 0.247 e. The van der Waals surface area contributed by atoms with E-state index in [1.165, 1.54) is 32.0 Å². The Bertz CT molecular complexity index is 482. The molecule has 0 aliphatic heterocycles. The number of carbonyl (C=O) groups excluding carboxylic acids is 1. The van der Waals surface area contributed by atoms with Gasteiger partial charge in [-0.1, -0.05) is 6.42 Å². The SMILES string of the molecule is C[C@H](NC(=O)C(C)(C)n1cncn1)[C@@H]1C[C@@H]2CC[C@@H]1C2.